The van der Waals surface area contributed by atoms with Crippen LogP contribution in [0.3, 0.4) is 0 Å². The van der Waals surface area contributed by atoms with Gasteiger partial charge in [0.15, 0.2) is 0 Å². The van der Waals surface area contributed by atoms with Gasteiger partial charge in [0, 0.05) is 16.6 Å². The number of rotatable bonds is 4. The van der Waals surface area contributed by atoms with Gasteiger partial charge in [-0.05, 0) is 25.0 Å². The molecule has 3 nitrogen and oxygen atoms in total. The van der Waals surface area contributed by atoms with Crippen molar-refractivity contribution < 1.29 is 9.18 Å². The molecule has 104 valence electrons. The second kappa shape index (κ2) is 6.35. The van der Waals surface area contributed by atoms with Crippen LogP contribution in [-0.4, -0.2) is 11.9 Å². The largest absolute Gasteiger partial charge is 0.368 e. The van der Waals surface area contributed by atoms with Crippen molar-refractivity contribution in [2.24, 2.45) is 5.73 Å². The third-order valence-corrected chi connectivity index (χ3v) is 3.91. The van der Waals surface area contributed by atoms with Gasteiger partial charge >= 0.3 is 0 Å². The molecule has 1 aromatic carbocycles. The molecule has 0 aromatic heterocycles. The quantitative estimate of drug-likeness (QED) is 0.893. The normalized spacial score (nSPS) is 18.2. The van der Waals surface area contributed by atoms with Gasteiger partial charge in [-0.2, -0.15) is 0 Å². The molecule has 1 amide bonds. The van der Waals surface area contributed by atoms with Gasteiger partial charge in [-0.1, -0.05) is 36.9 Å². The summed E-state index contributed by atoms with van der Waals surface area (Å²) in [4.78, 5) is 11.6. The third kappa shape index (κ3) is 3.45. The Morgan fingerprint density at radius 3 is 2.63 bits per heavy atom. The van der Waals surface area contributed by atoms with E-state index in [0.29, 0.717) is 0 Å². The summed E-state index contributed by atoms with van der Waals surface area (Å²) in [6.45, 7) is 0. The number of carbonyl (C=O) groups excluding carboxylic acids is 1. The van der Waals surface area contributed by atoms with E-state index in [1.165, 1.54) is 18.6 Å². The van der Waals surface area contributed by atoms with Crippen LogP contribution in [0.4, 0.5) is 4.39 Å². The topological polar surface area (TPSA) is 55.1 Å². The molecular formula is C14H18ClFN2O. The summed E-state index contributed by atoms with van der Waals surface area (Å²) in [5, 5.41) is 3.38. The number of nitrogens with two attached hydrogens (primary N) is 1. The summed E-state index contributed by atoms with van der Waals surface area (Å²) >= 11 is 6.00. The summed E-state index contributed by atoms with van der Waals surface area (Å²) in [5.41, 5.74) is 5.55. The van der Waals surface area contributed by atoms with Crippen LogP contribution in [0.2, 0.25) is 5.02 Å². The van der Waals surface area contributed by atoms with Crippen molar-refractivity contribution in [2.45, 2.75) is 44.2 Å². The number of amides is 1. The highest BCUT2D eigenvalue weighted by Gasteiger charge is 2.27. The second-order valence-corrected chi connectivity index (χ2v) is 5.38. The molecule has 5 heteroatoms. The highest BCUT2D eigenvalue weighted by atomic mass is 35.5. The molecule has 1 atom stereocenters. The number of carbonyl (C=O) groups is 1. The van der Waals surface area contributed by atoms with E-state index in [4.69, 9.17) is 17.3 Å². The molecule has 0 radical (unpaired) electrons. The Labute approximate surface area is 117 Å². The van der Waals surface area contributed by atoms with Gasteiger partial charge in [-0.3, -0.25) is 10.1 Å². The van der Waals surface area contributed by atoms with Crippen molar-refractivity contribution in [1.29, 1.82) is 0 Å². The predicted octanol–water partition coefficient (Wildman–Crippen LogP) is 2.93. The Morgan fingerprint density at radius 2 is 2.05 bits per heavy atom. The van der Waals surface area contributed by atoms with Crippen LogP contribution in [0, 0.1) is 5.82 Å². The lowest BCUT2D eigenvalue weighted by Gasteiger charge is -2.27. The average Bonchev–Trinajstić information content (AvgIpc) is 2.38. The zero-order valence-electron chi connectivity index (χ0n) is 10.7. The maximum Gasteiger partial charge on any atom is 0.239 e. The van der Waals surface area contributed by atoms with Crippen LogP contribution in [-0.2, 0) is 4.79 Å². The number of primary amides is 1. The average molecular weight is 285 g/mol. The van der Waals surface area contributed by atoms with Gasteiger partial charge < -0.3 is 5.73 Å². The lowest BCUT2D eigenvalue weighted by Crippen LogP contribution is -2.41. The van der Waals surface area contributed by atoms with E-state index < -0.39 is 17.8 Å². The fraction of sp³-hybridized carbons (Fsp3) is 0.500. The SMILES string of the molecule is NC(=O)C(NC1CCCCC1)c1c(F)cccc1Cl. The standard InChI is InChI=1S/C14H18ClFN2O/c15-10-7-4-8-11(16)12(10)13(14(17)19)18-9-5-2-1-3-6-9/h4,7-9,13,18H,1-3,5-6H2,(H2,17,19). The molecule has 1 unspecified atom stereocenters. The molecule has 0 aliphatic heterocycles. The predicted molar refractivity (Wildman–Crippen MR) is 73.4 cm³/mol. The Balaban J connectivity index is 2.22. The zero-order valence-corrected chi connectivity index (χ0v) is 11.4. The molecule has 3 N–H and O–H groups in total. The van der Waals surface area contributed by atoms with E-state index in [2.05, 4.69) is 5.32 Å². The van der Waals surface area contributed by atoms with Crippen molar-refractivity contribution in [1.82, 2.24) is 5.32 Å². The fourth-order valence-electron chi connectivity index (χ4n) is 2.60. The first-order chi connectivity index (χ1) is 9.09. The van der Waals surface area contributed by atoms with Gasteiger partial charge in [0.05, 0.1) is 0 Å². The van der Waals surface area contributed by atoms with E-state index in [1.54, 1.807) is 6.07 Å². The van der Waals surface area contributed by atoms with Crippen molar-refractivity contribution in [3.8, 4) is 0 Å². The highest BCUT2D eigenvalue weighted by molar-refractivity contribution is 6.31. The van der Waals surface area contributed by atoms with Crippen molar-refractivity contribution in [3.05, 3.63) is 34.6 Å². The molecule has 0 bridgehead atoms. The molecule has 19 heavy (non-hydrogen) atoms. The summed E-state index contributed by atoms with van der Waals surface area (Å²) in [7, 11) is 0. The summed E-state index contributed by atoms with van der Waals surface area (Å²) < 4.78 is 13.9. The van der Waals surface area contributed by atoms with Crippen LogP contribution in [0.25, 0.3) is 0 Å². The van der Waals surface area contributed by atoms with Crippen molar-refractivity contribution in [3.63, 3.8) is 0 Å². The lowest BCUT2D eigenvalue weighted by atomic mass is 9.93. The van der Waals surface area contributed by atoms with E-state index in [1.807, 2.05) is 0 Å². The fourth-order valence-corrected chi connectivity index (χ4v) is 2.87. The molecular weight excluding hydrogens is 267 g/mol. The monoisotopic (exact) mass is 284 g/mol. The van der Waals surface area contributed by atoms with Gasteiger partial charge in [0.2, 0.25) is 5.91 Å². The molecule has 1 fully saturated rings. The number of hydrogen-bond donors (Lipinski definition) is 2. The van der Waals surface area contributed by atoms with E-state index in [-0.39, 0.29) is 16.6 Å². The Bertz CT molecular complexity index is 441. The molecule has 1 aliphatic carbocycles. The van der Waals surface area contributed by atoms with Crippen LogP contribution in [0.5, 0.6) is 0 Å². The number of benzene rings is 1. The number of halogens is 2. The lowest BCUT2D eigenvalue weighted by molar-refractivity contribution is -0.120. The molecule has 0 heterocycles. The minimum atomic E-state index is -0.864. The van der Waals surface area contributed by atoms with Crippen LogP contribution in [0.1, 0.15) is 43.7 Å². The van der Waals surface area contributed by atoms with Crippen LogP contribution >= 0.6 is 11.6 Å². The molecule has 1 aromatic rings. The zero-order chi connectivity index (χ0) is 13.8. The first-order valence-corrected chi connectivity index (χ1v) is 6.96. The first-order valence-electron chi connectivity index (χ1n) is 6.59. The molecule has 1 saturated carbocycles. The Kier molecular flexibility index (Phi) is 4.77. The maximum atomic E-state index is 13.9. The maximum absolute atomic E-state index is 13.9. The van der Waals surface area contributed by atoms with Crippen molar-refractivity contribution in [2.75, 3.05) is 0 Å². The molecule has 0 spiro atoms. The van der Waals surface area contributed by atoms with Gasteiger partial charge in [0.25, 0.3) is 0 Å². The van der Waals surface area contributed by atoms with Crippen molar-refractivity contribution >= 4 is 17.5 Å². The first kappa shape index (κ1) is 14.3. The van der Waals surface area contributed by atoms with Gasteiger partial charge in [-0.25, -0.2) is 4.39 Å². The number of nitrogens with one attached hydrogen (secondary N) is 1. The third-order valence-electron chi connectivity index (χ3n) is 3.58. The smallest absolute Gasteiger partial charge is 0.239 e. The highest BCUT2D eigenvalue weighted by Crippen LogP contribution is 2.28. The number of hydrogen-bond acceptors (Lipinski definition) is 2. The summed E-state index contributed by atoms with van der Waals surface area (Å²) in [6.07, 6.45) is 5.41. The van der Waals surface area contributed by atoms with Crippen LogP contribution in [0.15, 0.2) is 18.2 Å². The van der Waals surface area contributed by atoms with E-state index in [0.717, 1.165) is 25.7 Å². The van der Waals surface area contributed by atoms with E-state index >= 15 is 0 Å². The van der Waals surface area contributed by atoms with Gasteiger partial charge in [0.1, 0.15) is 11.9 Å². The Morgan fingerprint density at radius 1 is 1.37 bits per heavy atom. The summed E-state index contributed by atoms with van der Waals surface area (Å²) in [5.74, 6) is -1.10. The minimum absolute atomic E-state index is 0.155. The second-order valence-electron chi connectivity index (χ2n) is 4.97. The molecule has 2 rings (SSSR count). The summed E-state index contributed by atoms with van der Waals surface area (Å²) in [6, 6.07) is 3.71. The van der Waals surface area contributed by atoms with E-state index in [9.17, 15) is 9.18 Å². The van der Waals surface area contributed by atoms with Crippen LogP contribution < -0.4 is 11.1 Å². The minimum Gasteiger partial charge on any atom is -0.368 e. The molecule has 0 saturated heterocycles. The Hall–Kier alpha value is -1.13. The molecule has 1 aliphatic rings. The van der Waals surface area contributed by atoms with Gasteiger partial charge in [-0.15, -0.1) is 0 Å².